The minimum atomic E-state index is -0.678. The number of carbonyl (C=O) groups is 4. The summed E-state index contributed by atoms with van der Waals surface area (Å²) in [6, 6.07) is 19.0. The lowest BCUT2D eigenvalue weighted by molar-refractivity contribution is -0.136. The van der Waals surface area contributed by atoms with Crippen molar-refractivity contribution in [1.82, 2.24) is 40.4 Å². The third kappa shape index (κ3) is 8.09. The van der Waals surface area contributed by atoms with Crippen LogP contribution in [0.4, 0.5) is 9.59 Å². The van der Waals surface area contributed by atoms with Gasteiger partial charge in [0.1, 0.15) is 23.7 Å². The number of fused-ring (bicyclic) bond motifs is 2. The Morgan fingerprint density at radius 2 is 1.03 bits per heavy atom. The Morgan fingerprint density at radius 3 is 1.40 bits per heavy atom. The Hall–Kier alpha value is -5.92. The average molecular weight is 791 g/mol. The summed E-state index contributed by atoms with van der Waals surface area (Å²) in [4.78, 5) is 72.3. The molecule has 6 atom stereocenters. The standard InChI is InChI=1S/C44H54N8O6/c1-7-25(3)37(49-43(55)57-5)41(53)51-21-9-11-35(51)39-45-31-19-17-29(23-33(31)47-39)27-13-15-28(16-14-27)30-18-20-32-34(24-30)48-40(46-32)36-12-10-22-52(36)42(54)38(26(4)8-2)50-44(56)58-6/h13-20,23-26,35-38H,7-12,21-22H2,1-6H3,(H,45,47)(H,46,48)(H,49,55)(H,50,56). The fourth-order valence-electron chi connectivity index (χ4n) is 8.31. The van der Waals surface area contributed by atoms with Crippen LogP contribution in [0.15, 0.2) is 60.7 Å². The number of methoxy groups -OCH3 is 2. The summed E-state index contributed by atoms with van der Waals surface area (Å²) in [5, 5.41) is 5.52. The Bertz CT molecular complexity index is 2130. The Kier molecular flexibility index (Phi) is 12.0. The number of H-pyrrole nitrogens is 2. The van der Waals surface area contributed by atoms with E-state index in [1.165, 1.54) is 14.2 Å². The van der Waals surface area contributed by atoms with E-state index in [4.69, 9.17) is 19.4 Å². The normalized spacial score (nSPS) is 18.9. The van der Waals surface area contributed by atoms with E-state index in [-0.39, 0.29) is 35.7 Å². The number of hydrogen-bond acceptors (Lipinski definition) is 8. The Balaban J connectivity index is 1.06. The van der Waals surface area contributed by atoms with Crippen LogP contribution >= 0.6 is 0 Å². The third-order valence-corrected chi connectivity index (χ3v) is 12.1. The van der Waals surface area contributed by atoms with Gasteiger partial charge < -0.3 is 39.9 Å². The molecule has 2 aliphatic heterocycles. The molecule has 2 saturated heterocycles. The maximum atomic E-state index is 13.8. The predicted molar refractivity (Wildman–Crippen MR) is 222 cm³/mol. The first-order valence-electron chi connectivity index (χ1n) is 20.4. The predicted octanol–water partition coefficient (Wildman–Crippen LogP) is 7.64. The number of benzene rings is 3. The summed E-state index contributed by atoms with van der Waals surface area (Å²) in [6.07, 6.45) is 3.50. The van der Waals surface area contributed by atoms with E-state index in [0.717, 1.165) is 94.5 Å². The number of hydrogen-bond donors (Lipinski definition) is 4. The molecule has 2 fully saturated rings. The molecule has 306 valence electrons. The van der Waals surface area contributed by atoms with Crippen LogP contribution < -0.4 is 10.6 Å². The van der Waals surface area contributed by atoms with Gasteiger partial charge in [-0.3, -0.25) is 9.59 Å². The maximum Gasteiger partial charge on any atom is 0.407 e. The van der Waals surface area contributed by atoms with Gasteiger partial charge in [0, 0.05) is 13.1 Å². The van der Waals surface area contributed by atoms with Gasteiger partial charge in [0.25, 0.3) is 0 Å². The first-order valence-corrected chi connectivity index (χ1v) is 20.4. The molecular weight excluding hydrogens is 737 g/mol. The lowest BCUT2D eigenvalue weighted by atomic mass is 9.97. The summed E-state index contributed by atoms with van der Waals surface area (Å²) >= 11 is 0. The zero-order valence-electron chi connectivity index (χ0n) is 34.1. The van der Waals surface area contributed by atoms with E-state index in [0.29, 0.717) is 13.1 Å². The van der Waals surface area contributed by atoms with Gasteiger partial charge in [-0.05, 0) is 84.0 Å². The molecule has 3 aromatic carbocycles. The van der Waals surface area contributed by atoms with Crippen molar-refractivity contribution >= 4 is 46.1 Å². The van der Waals surface area contributed by atoms with Gasteiger partial charge in [-0.15, -0.1) is 0 Å². The third-order valence-electron chi connectivity index (χ3n) is 12.1. The maximum absolute atomic E-state index is 13.8. The number of imidazole rings is 2. The summed E-state index contributed by atoms with van der Waals surface area (Å²) < 4.78 is 9.63. The molecule has 14 heteroatoms. The van der Waals surface area contributed by atoms with E-state index in [1.54, 1.807) is 0 Å². The van der Waals surface area contributed by atoms with E-state index in [2.05, 4.69) is 69.1 Å². The Labute approximate surface area is 338 Å². The second-order valence-corrected chi connectivity index (χ2v) is 15.7. The molecule has 0 saturated carbocycles. The lowest BCUT2D eigenvalue weighted by Crippen LogP contribution is -2.51. The van der Waals surface area contributed by atoms with E-state index < -0.39 is 24.3 Å². The van der Waals surface area contributed by atoms with Gasteiger partial charge in [-0.1, -0.05) is 76.9 Å². The number of ether oxygens (including phenoxy) is 2. The minimum Gasteiger partial charge on any atom is -0.453 e. The highest BCUT2D eigenvalue weighted by Gasteiger charge is 2.39. The molecule has 0 radical (unpaired) electrons. The van der Waals surface area contributed by atoms with Crippen molar-refractivity contribution in [2.45, 2.75) is 90.4 Å². The van der Waals surface area contributed by atoms with Gasteiger partial charge in [-0.2, -0.15) is 0 Å². The van der Waals surface area contributed by atoms with Gasteiger partial charge >= 0.3 is 12.2 Å². The van der Waals surface area contributed by atoms with Crippen LogP contribution in [-0.4, -0.2) is 93.1 Å². The second kappa shape index (κ2) is 17.3. The Morgan fingerprint density at radius 1 is 0.655 bits per heavy atom. The molecule has 0 spiro atoms. The van der Waals surface area contributed by atoms with Gasteiger partial charge in [-0.25, -0.2) is 19.6 Å². The number of nitrogens with zero attached hydrogens (tertiary/aromatic N) is 4. The molecule has 5 aromatic rings. The van der Waals surface area contributed by atoms with Crippen molar-refractivity contribution in [3.05, 3.63) is 72.3 Å². The topological polar surface area (TPSA) is 175 Å². The summed E-state index contributed by atoms with van der Waals surface area (Å²) in [7, 11) is 2.60. The quantitative estimate of drug-likeness (QED) is 0.0998. The molecule has 6 unspecified atom stereocenters. The zero-order valence-corrected chi connectivity index (χ0v) is 34.1. The van der Waals surface area contributed by atoms with Crippen LogP contribution in [0, 0.1) is 11.8 Å². The molecule has 0 aliphatic carbocycles. The number of nitrogens with one attached hydrogen (secondary N) is 4. The number of likely N-dealkylation sites (tertiary alicyclic amines) is 2. The van der Waals surface area contributed by atoms with Gasteiger partial charge in [0.15, 0.2) is 0 Å². The van der Waals surface area contributed by atoms with Gasteiger partial charge in [0.2, 0.25) is 11.8 Å². The van der Waals surface area contributed by atoms with E-state index >= 15 is 0 Å². The highest BCUT2D eigenvalue weighted by molar-refractivity contribution is 5.88. The largest absolute Gasteiger partial charge is 0.453 e. The van der Waals surface area contributed by atoms with E-state index in [9.17, 15) is 19.2 Å². The molecule has 0 bridgehead atoms. The fraction of sp³-hybridized carbons (Fsp3) is 0.455. The first-order chi connectivity index (χ1) is 28.0. The summed E-state index contributed by atoms with van der Waals surface area (Å²) in [5.74, 6) is 1.12. The lowest BCUT2D eigenvalue weighted by Gasteiger charge is -2.30. The number of aromatic amines is 2. The molecule has 2 aliphatic rings. The van der Waals surface area contributed by atoms with Crippen LogP contribution in [0.2, 0.25) is 0 Å². The smallest absolute Gasteiger partial charge is 0.407 e. The van der Waals surface area contributed by atoms with Crippen molar-refractivity contribution in [3.8, 4) is 22.3 Å². The molecule has 2 aromatic heterocycles. The SMILES string of the molecule is CCC(C)C(NC(=O)OC)C(=O)N1CCCC1c1nc2ccc(-c3ccc(-c4ccc5nc(C6CCCN6C(=O)C(NC(=O)OC)C(C)CC)[nH]c5c4)cc3)cc2[nH]1. The van der Waals surface area contributed by atoms with Crippen molar-refractivity contribution in [2.75, 3.05) is 27.3 Å². The van der Waals surface area contributed by atoms with Crippen molar-refractivity contribution < 1.29 is 28.7 Å². The highest BCUT2D eigenvalue weighted by Crippen LogP contribution is 2.36. The summed E-state index contributed by atoms with van der Waals surface area (Å²) in [5.41, 5.74) is 7.61. The zero-order chi connectivity index (χ0) is 41.1. The molecule has 4 amide bonds. The molecule has 4 N–H and O–H groups in total. The minimum absolute atomic E-state index is 0.0574. The second-order valence-electron chi connectivity index (χ2n) is 15.7. The average Bonchev–Trinajstić information content (AvgIpc) is 4.08. The van der Waals surface area contributed by atoms with Crippen molar-refractivity contribution in [2.24, 2.45) is 11.8 Å². The number of carbonyl (C=O) groups excluding carboxylic acids is 4. The van der Waals surface area contributed by atoms with E-state index in [1.807, 2.05) is 49.6 Å². The summed E-state index contributed by atoms with van der Waals surface area (Å²) in [6.45, 7) is 9.11. The van der Waals surface area contributed by atoms with Crippen LogP contribution in [0.3, 0.4) is 0 Å². The monoisotopic (exact) mass is 790 g/mol. The van der Waals surface area contributed by atoms with Crippen LogP contribution in [0.1, 0.15) is 90.0 Å². The number of alkyl carbamates (subject to hydrolysis) is 2. The highest BCUT2D eigenvalue weighted by atomic mass is 16.5. The molecular formula is C44H54N8O6. The fourth-order valence-corrected chi connectivity index (χ4v) is 8.31. The van der Waals surface area contributed by atoms with Crippen molar-refractivity contribution in [1.29, 1.82) is 0 Å². The number of aromatic nitrogens is 4. The molecule has 58 heavy (non-hydrogen) atoms. The number of rotatable bonds is 12. The van der Waals surface area contributed by atoms with Crippen LogP contribution in [0.5, 0.6) is 0 Å². The first kappa shape index (κ1) is 40.3. The van der Waals surface area contributed by atoms with Gasteiger partial charge in [0.05, 0.1) is 48.4 Å². The van der Waals surface area contributed by atoms with Crippen LogP contribution in [-0.2, 0) is 19.1 Å². The molecule has 14 nitrogen and oxygen atoms in total. The van der Waals surface area contributed by atoms with Crippen LogP contribution in [0.25, 0.3) is 44.3 Å². The van der Waals surface area contributed by atoms with Crippen molar-refractivity contribution in [3.63, 3.8) is 0 Å². The molecule has 4 heterocycles. The molecule has 7 rings (SSSR count). The number of amides is 4.